The molecule has 7 heteroatoms. The van der Waals surface area contributed by atoms with Crippen molar-refractivity contribution in [2.75, 3.05) is 19.3 Å². The van der Waals surface area contributed by atoms with Crippen LogP contribution in [0.15, 0.2) is 0 Å². The van der Waals surface area contributed by atoms with Gasteiger partial charge in [-0.25, -0.2) is 9.59 Å². The van der Waals surface area contributed by atoms with Crippen LogP contribution in [0.25, 0.3) is 0 Å². The number of nitrogens with one attached hydrogen (secondary N) is 1. The first-order chi connectivity index (χ1) is 9.33. The third-order valence-electron chi connectivity index (χ3n) is 2.86. The van der Waals surface area contributed by atoms with E-state index < -0.39 is 23.7 Å². The van der Waals surface area contributed by atoms with E-state index >= 15 is 0 Å². The Bertz CT molecular complexity index is 336. The summed E-state index contributed by atoms with van der Waals surface area (Å²) in [4.78, 5) is 23.7. The molecule has 1 atom stereocenters. The molecule has 0 saturated carbocycles. The molecule has 116 valence electrons. The zero-order valence-corrected chi connectivity index (χ0v) is 12.9. The third kappa shape index (κ3) is 5.96. The van der Waals surface area contributed by atoms with Crippen molar-refractivity contribution in [1.82, 2.24) is 5.32 Å². The Morgan fingerprint density at radius 1 is 1.35 bits per heavy atom. The topological polar surface area (TPSA) is 73.9 Å². The van der Waals surface area contributed by atoms with E-state index in [0.717, 1.165) is 0 Å². The van der Waals surface area contributed by atoms with Crippen LogP contribution in [0.2, 0.25) is 0 Å². The molecule has 1 amide bonds. The van der Waals surface area contributed by atoms with E-state index in [4.69, 9.17) is 25.8 Å². The van der Waals surface area contributed by atoms with Crippen molar-refractivity contribution in [3.63, 3.8) is 0 Å². The Balaban J connectivity index is 2.66. The molecule has 20 heavy (non-hydrogen) atoms. The maximum absolute atomic E-state index is 11.9. The summed E-state index contributed by atoms with van der Waals surface area (Å²) in [7, 11) is 0. The van der Waals surface area contributed by atoms with Gasteiger partial charge in [0.05, 0.1) is 0 Å². The van der Waals surface area contributed by atoms with Crippen molar-refractivity contribution >= 4 is 23.7 Å². The third-order valence-corrected chi connectivity index (χ3v) is 2.97. The number of alkyl carbamates (subject to hydrolysis) is 1. The minimum Gasteiger partial charge on any atom is -0.448 e. The number of carbonyl (C=O) groups excluding carboxylic acids is 2. The van der Waals surface area contributed by atoms with Crippen molar-refractivity contribution in [1.29, 1.82) is 0 Å². The summed E-state index contributed by atoms with van der Waals surface area (Å²) in [6, 6.07) is -0.998. The molecule has 6 nitrogen and oxygen atoms in total. The van der Waals surface area contributed by atoms with E-state index in [9.17, 15) is 9.59 Å². The second-order valence-electron chi connectivity index (χ2n) is 5.65. The van der Waals surface area contributed by atoms with Crippen LogP contribution in [0.5, 0.6) is 0 Å². The highest BCUT2D eigenvalue weighted by molar-refractivity contribution is 6.17. The molecule has 0 aromatic rings. The molecule has 1 unspecified atom stereocenters. The van der Waals surface area contributed by atoms with Crippen LogP contribution < -0.4 is 5.32 Å². The maximum atomic E-state index is 11.9. The van der Waals surface area contributed by atoms with Gasteiger partial charge in [0.15, 0.2) is 6.07 Å². The molecule has 0 aliphatic carbocycles. The number of alkyl halides is 1. The van der Waals surface area contributed by atoms with Crippen molar-refractivity contribution in [3.05, 3.63) is 0 Å². The summed E-state index contributed by atoms with van der Waals surface area (Å²) in [5, 5.41) is 2.58. The van der Waals surface area contributed by atoms with Crippen LogP contribution in [0, 0.1) is 5.92 Å². The predicted molar refractivity (Wildman–Crippen MR) is 73.5 cm³/mol. The zero-order valence-electron chi connectivity index (χ0n) is 12.1. The molecular formula is C13H22ClNO5. The fraction of sp³-hybridized carbons (Fsp3) is 0.846. The molecule has 0 spiro atoms. The fourth-order valence-electron chi connectivity index (χ4n) is 2.00. The van der Waals surface area contributed by atoms with Gasteiger partial charge in [0.2, 0.25) is 0 Å². The van der Waals surface area contributed by atoms with E-state index in [1.165, 1.54) is 0 Å². The normalized spacial score (nSPS) is 18.2. The lowest BCUT2D eigenvalue weighted by Crippen LogP contribution is -2.49. The summed E-state index contributed by atoms with van der Waals surface area (Å²) in [6.45, 7) is 6.39. The number of hydrogen-bond donors (Lipinski definition) is 1. The Labute approximate surface area is 124 Å². The van der Waals surface area contributed by atoms with Crippen LogP contribution in [-0.2, 0) is 19.0 Å². The Kier molecular flexibility index (Phi) is 6.55. The quantitative estimate of drug-likeness (QED) is 0.635. The number of esters is 1. The van der Waals surface area contributed by atoms with Gasteiger partial charge in [-0.2, -0.15) is 0 Å². The van der Waals surface area contributed by atoms with Gasteiger partial charge >= 0.3 is 12.1 Å². The number of ether oxygens (including phenoxy) is 3. The van der Waals surface area contributed by atoms with E-state index in [1.807, 2.05) is 0 Å². The lowest BCUT2D eigenvalue weighted by atomic mass is 9.92. The molecule has 1 N–H and O–H groups in total. The van der Waals surface area contributed by atoms with Crippen LogP contribution in [0.4, 0.5) is 4.79 Å². The lowest BCUT2D eigenvalue weighted by Gasteiger charge is -2.30. The standard InChI is InChI=1S/C13H22ClNO5/c1-13(2,3)20-12(17)15-10(11(16)19-8-14)9-4-6-18-7-5-9/h9-10H,4-8H2,1-3H3,(H,15,17). The van der Waals surface area contributed by atoms with Gasteiger partial charge in [-0.05, 0) is 39.5 Å². The Morgan fingerprint density at radius 2 is 1.95 bits per heavy atom. The van der Waals surface area contributed by atoms with E-state index in [1.54, 1.807) is 20.8 Å². The Hall–Kier alpha value is -1.01. The van der Waals surface area contributed by atoms with E-state index in [0.29, 0.717) is 26.1 Å². The molecule has 1 rings (SSSR count). The number of halogens is 1. The average Bonchev–Trinajstić information content (AvgIpc) is 2.35. The number of carbonyl (C=O) groups is 2. The molecule has 0 bridgehead atoms. The molecule has 0 aromatic carbocycles. The van der Waals surface area contributed by atoms with Crippen LogP contribution in [0.3, 0.4) is 0 Å². The molecule has 0 radical (unpaired) electrons. The van der Waals surface area contributed by atoms with Gasteiger partial charge < -0.3 is 19.5 Å². The van der Waals surface area contributed by atoms with E-state index in [-0.39, 0.29) is 12.0 Å². The molecule has 1 heterocycles. The average molecular weight is 308 g/mol. The molecule has 1 fully saturated rings. The summed E-state index contributed by atoms with van der Waals surface area (Å²) in [5.74, 6) is -0.579. The van der Waals surface area contributed by atoms with Crippen molar-refractivity contribution in [3.8, 4) is 0 Å². The van der Waals surface area contributed by atoms with Gasteiger partial charge in [-0.15, -0.1) is 0 Å². The highest BCUT2D eigenvalue weighted by Gasteiger charge is 2.33. The van der Waals surface area contributed by atoms with Gasteiger partial charge in [0, 0.05) is 13.2 Å². The van der Waals surface area contributed by atoms with Crippen LogP contribution in [0.1, 0.15) is 33.6 Å². The van der Waals surface area contributed by atoms with Gasteiger partial charge in [0.25, 0.3) is 0 Å². The first-order valence-electron chi connectivity index (χ1n) is 6.63. The highest BCUT2D eigenvalue weighted by Crippen LogP contribution is 2.20. The molecule has 1 aliphatic heterocycles. The number of rotatable bonds is 4. The lowest BCUT2D eigenvalue weighted by molar-refractivity contribution is -0.146. The first-order valence-corrected chi connectivity index (χ1v) is 7.17. The SMILES string of the molecule is CC(C)(C)OC(=O)NC(C(=O)OCCl)C1CCOCC1. The van der Waals surface area contributed by atoms with Gasteiger partial charge in [-0.1, -0.05) is 11.6 Å². The second kappa shape index (κ2) is 7.69. The summed E-state index contributed by atoms with van der Waals surface area (Å²) in [6.07, 6.45) is 0.718. The van der Waals surface area contributed by atoms with Crippen molar-refractivity contribution in [2.45, 2.75) is 45.3 Å². The zero-order chi connectivity index (χ0) is 15.2. The molecule has 1 aliphatic rings. The summed E-state index contributed by atoms with van der Waals surface area (Å²) < 4.78 is 15.2. The maximum Gasteiger partial charge on any atom is 0.408 e. The monoisotopic (exact) mass is 307 g/mol. The van der Waals surface area contributed by atoms with Crippen LogP contribution in [-0.4, -0.2) is 43.0 Å². The van der Waals surface area contributed by atoms with E-state index in [2.05, 4.69) is 5.32 Å². The van der Waals surface area contributed by atoms with Crippen LogP contribution >= 0.6 is 11.6 Å². The Morgan fingerprint density at radius 3 is 2.45 bits per heavy atom. The first kappa shape index (κ1) is 17.0. The second-order valence-corrected chi connectivity index (χ2v) is 5.86. The summed E-state index contributed by atoms with van der Waals surface area (Å²) >= 11 is 5.41. The summed E-state index contributed by atoms with van der Waals surface area (Å²) in [5.41, 5.74) is -0.624. The number of hydrogen-bond acceptors (Lipinski definition) is 5. The highest BCUT2D eigenvalue weighted by atomic mass is 35.5. The van der Waals surface area contributed by atoms with Gasteiger partial charge in [-0.3, -0.25) is 0 Å². The van der Waals surface area contributed by atoms with Gasteiger partial charge in [0.1, 0.15) is 11.6 Å². The predicted octanol–water partition coefficient (Wildman–Crippen LogP) is 2.05. The van der Waals surface area contributed by atoms with Crippen molar-refractivity contribution < 1.29 is 23.8 Å². The fourth-order valence-corrected chi connectivity index (χ4v) is 2.10. The minimum atomic E-state index is -0.757. The molecular weight excluding hydrogens is 286 g/mol. The number of amides is 1. The molecule has 1 saturated heterocycles. The largest absolute Gasteiger partial charge is 0.448 e. The smallest absolute Gasteiger partial charge is 0.408 e. The minimum absolute atomic E-state index is 0.0352. The van der Waals surface area contributed by atoms with Crippen molar-refractivity contribution in [2.24, 2.45) is 5.92 Å². The molecule has 0 aromatic heterocycles.